The molecule has 0 N–H and O–H groups in total. The molecule has 0 bridgehead atoms. The Kier molecular flexibility index (Phi) is 3.12. The first-order valence-electron chi connectivity index (χ1n) is 4.05. The Balaban J connectivity index is 2.53. The fraction of sp³-hybridized carbons (Fsp3) is 0. The van der Waals surface area contributed by atoms with Crippen molar-refractivity contribution in [2.45, 2.75) is 0 Å². The predicted molar refractivity (Wildman–Crippen MR) is 63.2 cm³/mol. The maximum atomic E-state index is 5.62. The van der Waals surface area contributed by atoms with Gasteiger partial charge in [0.05, 0.1) is 0 Å². The third kappa shape index (κ3) is 2.12. The lowest BCUT2D eigenvalue weighted by Gasteiger charge is -2.07. The number of fused-ring (bicyclic) bond motifs is 1. The maximum absolute atomic E-state index is 5.62. The summed E-state index contributed by atoms with van der Waals surface area (Å²) in [6, 6.07) is 13.8. The molecule has 0 amide bonds. The molecule has 0 spiro atoms. The van der Waals surface area contributed by atoms with Gasteiger partial charge < -0.3 is 4.52 Å². The van der Waals surface area contributed by atoms with Gasteiger partial charge in [0.15, 0.2) is 0 Å². The first kappa shape index (κ1) is 10.0. The third-order valence-electron chi connectivity index (χ3n) is 1.92. The Morgan fingerprint density at radius 1 is 0.929 bits per heavy atom. The molecular formula is C10H7Cl2OP. The average Bonchev–Trinajstić information content (AvgIpc) is 2.18. The molecule has 0 atom stereocenters. The van der Waals surface area contributed by atoms with Crippen LogP contribution in [0.2, 0.25) is 0 Å². The second-order valence-corrected chi connectivity index (χ2v) is 5.72. The van der Waals surface area contributed by atoms with Crippen LogP contribution in [0.5, 0.6) is 5.75 Å². The summed E-state index contributed by atoms with van der Waals surface area (Å²) in [4.78, 5) is 0. The zero-order chi connectivity index (χ0) is 9.97. The van der Waals surface area contributed by atoms with E-state index >= 15 is 0 Å². The summed E-state index contributed by atoms with van der Waals surface area (Å²) in [5.41, 5.74) is 0. The first-order valence-corrected chi connectivity index (χ1v) is 7.12. The van der Waals surface area contributed by atoms with Crippen molar-refractivity contribution in [2.24, 2.45) is 0 Å². The van der Waals surface area contributed by atoms with Crippen molar-refractivity contribution in [3.63, 3.8) is 0 Å². The lowest BCUT2D eigenvalue weighted by atomic mass is 10.1. The largest absolute Gasteiger partial charge is 0.444 e. The summed E-state index contributed by atoms with van der Waals surface area (Å²) in [5, 5.41) is 2.15. The number of halogens is 2. The molecule has 0 aromatic heterocycles. The molecule has 0 aliphatic carbocycles. The van der Waals surface area contributed by atoms with Gasteiger partial charge in [0, 0.05) is 5.39 Å². The Bertz CT molecular complexity index is 440. The van der Waals surface area contributed by atoms with Crippen LogP contribution in [0, 0.1) is 0 Å². The van der Waals surface area contributed by atoms with Gasteiger partial charge in [0.1, 0.15) is 5.75 Å². The molecule has 14 heavy (non-hydrogen) atoms. The molecule has 0 saturated carbocycles. The van der Waals surface area contributed by atoms with E-state index in [4.69, 9.17) is 27.0 Å². The molecule has 0 aliphatic heterocycles. The van der Waals surface area contributed by atoms with Gasteiger partial charge in [0.25, 0.3) is 6.85 Å². The zero-order valence-corrected chi connectivity index (χ0v) is 9.56. The number of hydrogen-bond donors (Lipinski definition) is 0. The molecular weight excluding hydrogens is 238 g/mol. The van der Waals surface area contributed by atoms with E-state index < -0.39 is 6.85 Å². The Labute approximate surface area is 93.0 Å². The average molecular weight is 245 g/mol. The fourth-order valence-electron chi connectivity index (χ4n) is 1.35. The van der Waals surface area contributed by atoms with Crippen LogP contribution in [-0.4, -0.2) is 0 Å². The molecule has 1 nitrogen and oxygen atoms in total. The number of rotatable bonds is 2. The lowest BCUT2D eigenvalue weighted by molar-refractivity contribution is 0.645. The molecule has 0 fully saturated rings. The second kappa shape index (κ2) is 4.35. The predicted octanol–water partition coefficient (Wildman–Crippen LogP) is 4.92. The Morgan fingerprint density at radius 2 is 1.64 bits per heavy atom. The molecule has 0 heterocycles. The smallest absolute Gasteiger partial charge is 0.284 e. The minimum Gasteiger partial charge on any atom is -0.444 e. The summed E-state index contributed by atoms with van der Waals surface area (Å²) in [5.74, 6) is 0.735. The van der Waals surface area contributed by atoms with E-state index in [0.29, 0.717) is 0 Å². The van der Waals surface area contributed by atoms with Gasteiger partial charge in [-0.2, -0.15) is 0 Å². The molecule has 0 aliphatic rings. The highest BCUT2D eigenvalue weighted by atomic mass is 35.9. The molecule has 0 unspecified atom stereocenters. The standard InChI is InChI=1S/C10H7Cl2OP/c11-14(12)13-10-7-3-5-8-4-1-2-6-9(8)10/h1-7H. The van der Waals surface area contributed by atoms with Gasteiger partial charge >= 0.3 is 0 Å². The molecule has 2 aromatic rings. The van der Waals surface area contributed by atoms with Gasteiger partial charge in [-0.3, -0.25) is 0 Å². The second-order valence-electron chi connectivity index (χ2n) is 2.77. The minimum absolute atomic E-state index is 0.735. The highest BCUT2D eigenvalue weighted by Crippen LogP contribution is 2.49. The van der Waals surface area contributed by atoms with E-state index in [1.165, 1.54) is 0 Å². The summed E-state index contributed by atoms with van der Waals surface area (Å²) in [6.45, 7) is -1.41. The molecule has 72 valence electrons. The van der Waals surface area contributed by atoms with Crippen LogP contribution >= 0.6 is 29.3 Å². The van der Waals surface area contributed by atoms with E-state index in [9.17, 15) is 0 Å². The number of benzene rings is 2. The van der Waals surface area contributed by atoms with Crippen LogP contribution < -0.4 is 4.52 Å². The van der Waals surface area contributed by atoms with Gasteiger partial charge in [-0.25, -0.2) is 0 Å². The van der Waals surface area contributed by atoms with E-state index in [1.807, 2.05) is 42.5 Å². The van der Waals surface area contributed by atoms with Crippen molar-refractivity contribution in [1.82, 2.24) is 0 Å². The van der Waals surface area contributed by atoms with Crippen molar-refractivity contribution < 1.29 is 4.52 Å². The van der Waals surface area contributed by atoms with Gasteiger partial charge in [-0.15, -0.1) is 0 Å². The Morgan fingerprint density at radius 3 is 2.43 bits per heavy atom. The van der Waals surface area contributed by atoms with Crippen molar-refractivity contribution in [3.8, 4) is 5.75 Å². The fourth-order valence-corrected chi connectivity index (χ4v) is 2.10. The topological polar surface area (TPSA) is 9.23 Å². The SMILES string of the molecule is ClP(Cl)Oc1cccc2ccccc12. The summed E-state index contributed by atoms with van der Waals surface area (Å²) in [7, 11) is 0. The molecule has 2 rings (SSSR count). The van der Waals surface area contributed by atoms with E-state index in [2.05, 4.69) is 0 Å². The van der Waals surface area contributed by atoms with Crippen LogP contribution in [0.15, 0.2) is 42.5 Å². The van der Waals surface area contributed by atoms with Crippen molar-refractivity contribution in [2.75, 3.05) is 0 Å². The van der Waals surface area contributed by atoms with Crippen LogP contribution in [-0.2, 0) is 0 Å². The third-order valence-corrected chi connectivity index (χ3v) is 2.67. The van der Waals surface area contributed by atoms with E-state index in [-0.39, 0.29) is 0 Å². The van der Waals surface area contributed by atoms with Gasteiger partial charge in [-0.1, -0.05) is 36.4 Å². The summed E-state index contributed by atoms with van der Waals surface area (Å²) < 4.78 is 5.32. The highest BCUT2D eigenvalue weighted by molar-refractivity contribution is 8.00. The monoisotopic (exact) mass is 244 g/mol. The first-order chi connectivity index (χ1) is 6.77. The number of hydrogen-bond acceptors (Lipinski definition) is 1. The van der Waals surface area contributed by atoms with Crippen LogP contribution in [0.1, 0.15) is 0 Å². The van der Waals surface area contributed by atoms with Crippen molar-refractivity contribution in [1.29, 1.82) is 0 Å². The van der Waals surface area contributed by atoms with E-state index in [1.54, 1.807) is 0 Å². The minimum atomic E-state index is -1.41. The quantitative estimate of drug-likeness (QED) is 0.682. The molecule has 2 aromatic carbocycles. The van der Waals surface area contributed by atoms with Gasteiger partial charge in [-0.05, 0) is 33.9 Å². The van der Waals surface area contributed by atoms with E-state index in [0.717, 1.165) is 16.5 Å². The molecule has 0 radical (unpaired) electrons. The zero-order valence-electron chi connectivity index (χ0n) is 7.15. The van der Waals surface area contributed by atoms with Crippen LogP contribution in [0.4, 0.5) is 0 Å². The van der Waals surface area contributed by atoms with Crippen LogP contribution in [0.3, 0.4) is 0 Å². The highest BCUT2D eigenvalue weighted by Gasteiger charge is 2.05. The lowest BCUT2D eigenvalue weighted by Crippen LogP contribution is -1.80. The maximum Gasteiger partial charge on any atom is 0.284 e. The molecule has 0 saturated heterocycles. The van der Waals surface area contributed by atoms with Gasteiger partial charge in [0.2, 0.25) is 0 Å². The summed E-state index contributed by atoms with van der Waals surface area (Å²) in [6.07, 6.45) is 0. The Hall–Kier alpha value is -0.490. The van der Waals surface area contributed by atoms with Crippen LogP contribution in [0.25, 0.3) is 10.8 Å². The normalized spacial score (nSPS) is 10.8. The molecule has 4 heteroatoms. The summed E-state index contributed by atoms with van der Waals surface area (Å²) >= 11 is 11.2. The van der Waals surface area contributed by atoms with Crippen molar-refractivity contribution >= 4 is 40.1 Å². The van der Waals surface area contributed by atoms with Crippen molar-refractivity contribution in [3.05, 3.63) is 42.5 Å².